The third kappa shape index (κ3) is 2.03. The van der Waals surface area contributed by atoms with Crippen LogP contribution in [0.2, 0.25) is 0 Å². The molecule has 0 bridgehead atoms. The minimum atomic E-state index is 0.574. The Kier molecular flexibility index (Phi) is 2.76. The first kappa shape index (κ1) is 11.0. The first-order valence-corrected chi connectivity index (χ1v) is 6.53. The van der Waals surface area contributed by atoms with Crippen LogP contribution in [-0.4, -0.2) is 22.1 Å². The zero-order valence-corrected chi connectivity index (χ0v) is 10.7. The van der Waals surface area contributed by atoms with Crippen molar-refractivity contribution >= 4 is 23.3 Å². The van der Waals surface area contributed by atoms with Crippen LogP contribution in [0.1, 0.15) is 19.8 Å². The molecule has 0 amide bonds. The second-order valence-corrected chi connectivity index (χ2v) is 4.89. The van der Waals surface area contributed by atoms with Crippen LogP contribution < -0.4 is 0 Å². The molecule has 3 nitrogen and oxygen atoms in total. The molecule has 4 heteroatoms. The molecule has 0 radical (unpaired) electrons. The predicted molar refractivity (Wildman–Crippen MR) is 70.4 cm³/mol. The number of fused-ring (bicyclic) bond motifs is 1. The van der Waals surface area contributed by atoms with E-state index in [1.54, 1.807) is 0 Å². The van der Waals surface area contributed by atoms with Gasteiger partial charge < -0.3 is 4.42 Å². The van der Waals surface area contributed by atoms with E-state index in [-0.39, 0.29) is 0 Å². The molecule has 0 unspecified atom stereocenters. The normalized spacial score (nSPS) is 15.9. The molecule has 0 aliphatic heterocycles. The monoisotopic (exact) mass is 248 g/mol. The van der Waals surface area contributed by atoms with E-state index in [1.165, 1.54) is 12.8 Å². The van der Waals surface area contributed by atoms with Crippen molar-refractivity contribution in [3.63, 3.8) is 0 Å². The van der Waals surface area contributed by atoms with Gasteiger partial charge in [0, 0.05) is 6.04 Å². The van der Waals surface area contributed by atoms with Crippen molar-refractivity contribution in [2.45, 2.75) is 32.5 Å². The number of hydrogen-bond donors (Lipinski definition) is 0. The second kappa shape index (κ2) is 4.27. The minimum absolute atomic E-state index is 0.574. The molecule has 1 heterocycles. The summed E-state index contributed by atoms with van der Waals surface area (Å²) < 4.78 is 7.69. The van der Waals surface area contributed by atoms with Crippen LogP contribution in [0.3, 0.4) is 0 Å². The number of benzene rings is 1. The fourth-order valence-electron chi connectivity index (χ4n) is 2.24. The molecule has 2 aromatic rings. The first-order valence-electron chi connectivity index (χ1n) is 6.12. The van der Waals surface area contributed by atoms with E-state index in [0.717, 1.165) is 30.4 Å². The lowest BCUT2D eigenvalue weighted by Crippen LogP contribution is -2.28. The van der Waals surface area contributed by atoms with Crippen molar-refractivity contribution < 1.29 is 4.42 Å². The average molecular weight is 248 g/mol. The maximum atomic E-state index is 5.60. The van der Waals surface area contributed by atoms with Crippen LogP contribution in [0.15, 0.2) is 28.7 Å². The number of hydrogen-bond acceptors (Lipinski definition) is 3. The first-order chi connectivity index (χ1) is 8.29. The van der Waals surface area contributed by atoms with Crippen LogP contribution >= 0.6 is 12.2 Å². The zero-order chi connectivity index (χ0) is 11.8. The van der Waals surface area contributed by atoms with Gasteiger partial charge in [0.15, 0.2) is 5.58 Å². The smallest absolute Gasteiger partial charge is 0.270 e. The molecule has 90 valence electrons. The molecule has 1 aliphatic rings. The summed E-state index contributed by atoms with van der Waals surface area (Å²) in [5, 5.41) is 0. The number of oxazole rings is 1. The Bertz CT molecular complexity index is 582. The Balaban J connectivity index is 1.98. The lowest BCUT2D eigenvalue weighted by Gasteiger charge is -2.20. The number of para-hydroxylation sites is 2. The van der Waals surface area contributed by atoms with Gasteiger partial charge in [-0.1, -0.05) is 19.1 Å². The molecule has 1 saturated carbocycles. The molecule has 1 fully saturated rings. The Labute approximate surface area is 106 Å². The fraction of sp³-hybridized carbons (Fsp3) is 0.462. The maximum absolute atomic E-state index is 5.60. The summed E-state index contributed by atoms with van der Waals surface area (Å²) in [7, 11) is 0. The molecule has 0 spiro atoms. The zero-order valence-electron chi connectivity index (χ0n) is 9.93. The maximum Gasteiger partial charge on any atom is 0.270 e. The van der Waals surface area contributed by atoms with Gasteiger partial charge in [-0.15, -0.1) is 0 Å². The van der Waals surface area contributed by atoms with Gasteiger partial charge in [0.25, 0.3) is 4.84 Å². The van der Waals surface area contributed by atoms with Gasteiger partial charge in [-0.05, 0) is 43.7 Å². The van der Waals surface area contributed by atoms with Gasteiger partial charge in [0.1, 0.15) is 0 Å². The van der Waals surface area contributed by atoms with Crippen molar-refractivity contribution in [2.24, 2.45) is 0 Å². The third-order valence-electron chi connectivity index (χ3n) is 3.37. The quantitative estimate of drug-likeness (QED) is 0.774. The molecular weight excluding hydrogens is 232 g/mol. The standard InChI is InChI=1S/C13H16N2OS/c1-2-14(10-7-8-10)9-15-11-5-3-4-6-12(11)16-13(15)17/h3-6,10H,2,7-9H2,1H3. The molecule has 1 aromatic heterocycles. The molecule has 3 rings (SSSR count). The van der Waals surface area contributed by atoms with Crippen LogP contribution in [0.5, 0.6) is 0 Å². The highest BCUT2D eigenvalue weighted by molar-refractivity contribution is 7.71. The Morgan fingerprint density at radius 1 is 1.41 bits per heavy atom. The summed E-state index contributed by atoms with van der Waals surface area (Å²) in [5.74, 6) is 0. The highest BCUT2D eigenvalue weighted by Gasteiger charge is 2.28. The van der Waals surface area contributed by atoms with Crippen LogP contribution in [0, 0.1) is 4.84 Å². The van der Waals surface area contributed by atoms with E-state index in [1.807, 2.05) is 18.2 Å². The minimum Gasteiger partial charge on any atom is -0.429 e. The van der Waals surface area contributed by atoms with Crippen molar-refractivity contribution in [2.75, 3.05) is 6.54 Å². The molecule has 1 aliphatic carbocycles. The largest absolute Gasteiger partial charge is 0.429 e. The van der Waals surface area contributed by atoms with E-state index in [4.69, 9.17) is 16.6 Å². The van der Waals surface area contributed by atoms with E-state index >= 15 is 0 Å². The van der Waals surface area contributed by atoms with Gasteiger partial charge in [-0.2, -0.15) is 0 Å². The number of rotatable bonds is 4. The summed E-state index contributed by atoms with van der Waals surface area (Å²) in [6.45, 7) is 4.10. The lowest BCUT2D eigenvalue weighted by molar-refractivity contribution is 0.217. The second-order valence-electron chi connectivity index (χ2n) is 4.54. The van der Waals surface area contributed by atoms with Crippen LogP contribution in [0.25, 0.3) is 11.1 Å². The van der Waals surface area contributed by atoms with E-state index in [0.29, 0.717) is 4.84 Å². The fourth-order valence-corrected chi connectivity index (χ4v) is 2.49. The van der Waals surface area contributed by atoms with Gasteiger partial charge in [0.2, 0.25) is 0 Å². The summed E-state index contributed by atoms with van der Waals surface area (Å²) in [5.41, 5.74) is 1.97. The van der Waals surface area contributed by atoms with Gasteiger partial charge in [-0.3, -0.25) is 9.47 Å². The van der Waals surface area contributed by atoms with Crippen LogP contribution in [0.4, 0.5) is 0 Å². The van der Waals surface area contributed by atoms with Crippen molar-refractivity contribution in [3.8, 4) is 0 Å². The topological polar surface area (TPSA) is 21.3 Å². The Hall–Kier alpha value is -1.13. The summed E-state index contributed by atoms with van der Waals surface area (Å²) in [6.07, 6.45) is 2.63. The highest BCUT2D eigenvalue weighted by atomic mass is 32.1. The summed E-state index contributed by atoms with van der Waals surface area (Å²) >= 11 is 5.30. The molecule has 1 aromatic carbocycles. The van der Waals surface area contributed by atoms with Crippen molar-refractivity contribution in [3.05, 3.63) is 29.1 Å². The average Bonchev–Trinajstić information content (AvgIpc) is 3.12. The van der Waals surface area contributed by atoms with Gasteiger partial charge in [-0.25, -0.2) is 0 Å². The molecule has 0 saturated heterocycles. The third-order valence-corrected chi connectivity index (χ3v) is 3.67. The van der Waals surface area contributed by atoms with Gasteiger partial charge in [0.05, 0.1) is 12.2 Å². The Morgan fingerprint density at radius 2 is 2.18 bits per heavy atom. The SMILES string of the molecule is CCN(Cn1c(=S)oc2ccccc21)C1CC1. The molecule has 0 N–H and O–H groups in total. The summed E-state index contributed by atoms with van der Waals surface area (Å²) in [4.78, 5) is 3.03. The predicted octanol–water partition coefficient (Wildman–Crippen LogP) is 3.41. The van der Waals surface area contributed by atoms with E-state index < -0.39 is 0 Å². The number of nitrogens with zero attached hydrogens (tertiary/aromatic N) is 2. The van der Waals surface area contributed by atoms with E-state index in [9.17, 15) is 0 Å². The number of aromatic nitrogens is 1. The molecule has 17 heavy (non-hydrogen) atoms. The van der Waals surface area contributed by atoms with Crippen molar-refractivity contribution in [1.82, 2.24) is 9.47 Å². The van der Waals surface area contributed by atoms with E-state index in [2.05, 4.69) is 22.5 Å². The molecule has 0 atom stereocenters. The van der Waals surface area contributed by atoms with Gasteiger partial charge >= 0.3 is 0 Å². The Morgan fingerprint density at radius 3 is 2.88 bits per heavy atom. The van der Waals surface area contributed by atoms with Crippen LogP contribution in [-0.2, 0) is 6.67 Å². The lowest BCUT2D eigenvalue weighted by atomic mass is 10.3. The highest BCUT2D eigenvalue weighted by Crippen LogP contribution is 2.28. The molecular formula is C13H16N2OS. The summed E-state index contributed by atoms with van der Waals surface area (Å²) in [6, 6.07) is 8.78. The van der Waals surface area contributed by atoms with Crippen molar-refractivity contribution in [1.29, 1.82) is 0 Å².